The highest BCUT2D eigenvalue weighted by Crippen LogP contribution is 2.40. The first-order valence-corrected chi connectivity index (χ1v) is 11.0. The number of fused-ring (bicyclic) bond motifs is 2. The smallest absolute Gasteiger partial charge is 0.298 e. The molecule has 0 radical (unpaired) electrons. The maximum Gasteiger partial charge on any atom is 0.298 e. The van der Waals surface area contributed by atoms with Crippen LogP contribution < -0.4 is 9.47 Å². The lowest BCUT2D eigenvalue weighted by atomic mass is 9.96. The molecule has 5 rings (SSSR count). The van der Waals surface area contributed by atoms with Gasteiger partial charge in [0.1, 0.15) is 12.4 Å². The Hall–Kier alpha value is -4.25. The molecule has 1 unspecified atom stereocenters. The van der Waals surface area contributed by atoms with Crippen molar-refractivity contribution in [2.75, 3.05) is 40.9 Å². The van der Waals surface area contributed by atoms with E-state index < -0.39 is 0 Å². The summed E-state index contributed by atoms with van der Waals surface area (Å²) in [6.45, 7) is 5.87. The highest BCUT2D eigenvalue weighted by molar-refractivity contribution is 6.35. The van der Waals surface area contributed by atoms with Crippen LogP contribution in [0.5, 0.6) is 11.5 Å². The SMILES string of the molecule is C=C(C1COc2ccc(C3=C(c4ccc(C#N)cc4)N=C(OC)N4CCN=C34)cc2O1)N(C)C. The highest BCUT2D eigenvalue weighted by atomic mass is 16.6. The van der Waals surface area contributed by atoms with Crippen LogP contribution in [0.4, 0.5) is 0 Å². The summed E-state index contributed by atoms with van der Waals surface area (Å²) in [5.74, 6) is 2.14. The van der Waals surface area contributed by atoms with Crippen molar-refractivity contribution in [2.45, 2.75) is 6.10 Å². The number of nitrogens with zero attached hydrogens (tertiary/aromatic N) is 5. The van der Waals surface area contributed by atoms with Crippen molar-refractivity contribution >= 4 is 23.1 Å². The van der Waals surface area contributed by atoms with Crippen molar-refractivity contribution in [1.29, 1.82) is 5.26 Å². The Labute approximate surface area is 198 Å². The Kier molecular flexibility index (Phi) is 5.46. The highest BCUT2D eigenvalue weighted by Gasteiger charge is 2.34. The number of ether oxygens (including phenoxy) is 3. The van der Waals surface area contributed by atoms with E-state index in [9.17, 15) is 5.26 Å². The summed E-state index contributed by atoms with van der Waals surface area (Å²) in [7, 11) is 5.48. The molecule has 8 heteroatoms. The summed E-state index contributed by atoms with van der Waals surface area (Å²) < 4.78 is 17.8. The van der Waals surface area contributed by atoms with E-state index in [-0.39, 0.29) is 6.10 Å². The summed E-state index contributed by atoms with van der Waals surface area (Å²) in [4.78, 5) is 13.5. The third-order valence-electron chi connectivity index (χ3n) is 6.05. The Morgan fingerprint density at radius 1 is 1.18 bits per heavy atom. The average Bonchev–Trinajstić information content (AvgIpc) is 3.36. The molecule has 1 atom stereocenters. The van der Waals surface area contributed by atoms with E-state index in [1.165, 1.54) is 0 Å². The molecular weight excluding hydrogens is 430 g/mol. The van der Waals surface area contributed by atoms with Gasteiger partial charge in [0.15, 0.2) is 17.6 Å². The molecule has 0 N–H and O–H groups in total. The minimum atomic E-state index is -0.269. The second-order valence-electron chi connectivity index (χ2n) is 8.33. The number of aliphatic imine (C=N–C) groups is 2. The summed E-state index contributed by atoms with van der Waals surface area (Å²) in [5.41, 5.74) is 4.80. The number of benzene rings is 2. The second kappa shape index (κ2) is 8.60. The van der Waals surface area contributed by atoms with Gasteiger partial charge in [-0.2, -0.15) is 10.3 Å². The molecule has 0 aliphatic carbocycles. The van der Waals surface area contributed by atoms with E-state index in [1.807, 2.05) is 54.2 Å². The molecule has 8 nitrogen and oxygen atoms in total. The first kappa shape index (κ1) is 21.6. The minimum Gasteiger partial charge on any atom is -0.485 e. The van der Waals surface area contributed by atoms with E-state index in [4.69, 9.17) is 24.2 Å². The molecule has 2 aromatic rings. The predicted molar refractivity (Wildman–Crippen MR) is 131 cm³/mol. The van der Waals surface area contributed by atoms with Gasteiger partial charge in [0.2, 0.25) is 0 Å². The monoisotopic (exact) mass is 455 g/mol. The quantitative estimate of drug-likeness (QED) is 0.703. The van der Waals surface area contributed by atoms with Gasteiger partial charge in [-0.25, -0.2) is 0 Å². The van der Waals surface area contributed by atoms with Crippen LogP contribution in [0.2, 0.25) is 0 Å². The van der Waals surface area contributed by atoms with Gasteiger partial charge in [0.05, 0.1) is 42.3 Å². The summed E-state index contributed by atoms with van der Waals surface area (Å²) in [5, 5.41) is 9.21. The van der Waals surface area contributed by atoms with Crippen LogP contribution >= 0.6 is 0 Å². The third kappa shape index (κ3) is 3.65. The van der Waals surface area contributed by atoms with E-state index in [2.05, 4.69) is 12.6 Å². The normalized spacial score (nSPS) is 18.5. The largest absolute Gasteiger partial charge is 0.485 e. The molecule has 0 spiro atoms. The van der Waals surface area contributed by atoms with Gasteiger partial charge < -0.3 is 19.1 Å². The molecule has 0 fully saturated rings. The maximum absolute atomic E-state index is 9.21. The molecule has 0 bridgehead atoms. The number of likely N-dealkylation sites (N-methyl/N-ethyl adjacent to an activating group) is 1. The van der Waals surface area contributed by atoms with Crippen LogP contribution in [-0.2, 0) is 4.74 Å². The molecule has 0 amide bonds. The Morgan fingerprint density at radius 3 is 2.65 bits per heavy atom. The van der Waals surface area contributed by atoms with Crippen molar-refractivity contribution in [3.63, 3.8) is 0 Å². The molecule has 3 heterocycles. The molecule has 3 aliphatic rings. The maximum atomic E-state index is 9.21. The average molecular weight is 456 g/mol. The van der Waals surface area contributed by atoms with E-state index in [0.717, 1.165) is 33.9 Å². The van der Waals surface area contributed by atoms with Crippen LogP contribution in [0.3, 0.4) is 0 Å². The molecule has 172 valence electrons. The van der Waals surface area contributed by atoms with Gasteiger partial charge in [-0.3, -0.25) is 9.89 Å². The zero-order chi connectivity index (χ0) is 23.8. The first-order chi connectivity index (χ1) is 16.5. The Bertz CT molecular complexity index is 1280. The van der Waals surface area contributed by atoms with Gasteiger partial charge in [0.25, 0.3) is 6.02 Å². The number of hydrogen-bond donors (Lipinski definition) is 0. The van der Waals surface area contributed by atoms with Gasteiger partial charge in [-0.1, -0.05) is 24.8 Å². The van der Waals surface area contributed by atoms with Crippen molar-refractivity contribution in [3.8, 4) is 17.6 Å². The fourth-order valence-corrected chi connectivity index (χ4v) is 4.18. The van der Waals surface area contributed by atoms with Crippen molar-refractivity contribution < 1.29 is 14.2 Å². The van der Waals surface area contributed by atoms with E-state index in [1.54, 1.807) is 19.2 Å². The number of amidine groups is 2. The van der Waals surface area contributed by atoms with Crippen LogP contribution in [0, 0.1) is 11.3 Å². The number of nitriles is 1. The molecule has 0 saturated carbocycles. The molecule has 34 heavy (non-hydrogen) atoms. The van der Waals surface area contributed by atoms with Crippen LogP contribution in [0.1, 0.15) is 16.7 Å². The standard InChI is InChI=1S/C26H25N5O3/c1-16(30(2)3)22-15-33-20-10-9-19(13-21(20)34-22)23-24(18-7-5-17(14-27)6-8-18)29-26(32-4)31-12-11-28-25(23)31/h5-10,13,22H,1,11-12,15H2,2-4H3. The second-order valence-corrected chi connectivity index (χ2v) is 8.33. The molecule has 2 aromatic carbocycles. The van der Waals surface area contributed by atoms with Crippen LogP contribution in [0.15, 0.2) is 64.7 Å². The zero-order valence-electron chi connectivity index (χ0n) is 19.4. The summed E-state index contributed by atoms with van der Waals surface area (Å²) >= 11 is 0. The summed E-state index contributed by atoms with van der Waals surface area (Å²) in [6.07, 6.45) is -0.269. The lowest BCUT2D eigenvalue weighted by molar-refractivity contribution is 0.0991. The third-order valence-corrected chi connectivity index (χ3v) is 6.05. The number of hydrogen-bond acceptors (Lipinski definition) is 8. The molecule has 0 saturated heterocycles. The minimum absolute atomic E-state index is 0.269. The predicted octanol–water partition coefficient (Wildman–Crippen LogP) is 3.37. The number of methoxy groups -OCH3 is 1. The van der Waals surface area contributed by atoms with Crippen molar-refractivity contribution in [2.24, 2.45) is 9.98 Å². The van der Waals surface area contributed by atoms with Crippen LogP contribution in [0.25, 0.3) is 11.3 Å². The van der Waals surface area contributed by atoms with Crippen molar-refractivity contribution in [1.82, 2.24) is 9.80 Å². The molecule has 0 aromatic heterocycles. The van der Waals surface area contributed by atoms with E-state index >= 15 is 0 Å². The Balaban J connectivity index is 1.64. The van der Waals surface area contributed by atoms with Gasteiger partial charge >= 0.3 is 0 Å². The van der Waals surface area contributed by atoms with Gasteiger partial charge in [-0.15, -0.1) is 0 Å². The fraction of sp³-hybridized carbons (Fsp3) is 0.269. The lowest BCUT2D eigenvalue weighted by Gasteiger charge is -2.32. The van der Waals surface area contributed by atoms with Crippen LogP contribution in [-0.4, -0.2) is 68.7 Å². The fourth-order valence-electron chi connectivity index (χ4n) is 4.18. The lowest BCUT2D eigenvalue weighted by Crippen LogP contribution is -2.38. The number of rotatable bonds is 4. The molecular formula is C26H25N5O3. The Morgan fingerprint density at radius 2 is 1.94 bits per heavy atom. The van der Waals surface area contributed by atoms with Crippen molar-refractivity contribution in [3.05, 3.63) is 71.4 Å². The topological polar surface area (TPSA) is 82.7 Å². The molecule has 3 aliphatic heterocycles. The summed E-state index contributed by atoms with van der Waals surface area (Å²) in [6, 6.07) is 15.9. The zero-order valence-corrected chi connectivity index (χ0v) is 19.4. The first-order valence-electron chi connectivity index (χ1n) is 11.0. The van der Waals surface area contributed by atoms with Gasteiger partial charge in [0, 0.05) is 26.2 Å². The van der Waals surface area contributed by atoms with Gasteiger partial charge in [-0.05, 0) is 29.8 Å². The van der Waals surface area contributed by atoms with E-state index in [0.29, 0.717) is 42.8 Å².